The summed E-state index contributed by atoms with van der Waals surface area (Å²) in [5, 5.41) is 9.51. The van der Waals surface area contributed by atoms with E-state index >= 15 is 0 Å². The van der Waals surface area contributed by atoms with Gasteiger partial charge in [0, 0.05) is 5.70 Å². The molecule has 2 unspecified atom stereocenters. The van der Waals surface area contributed by atoms with Crippen LogP contribution in [0.3, 0.4) is 0 Å². The molecule has 3 nitrogen and oxygen atoms in total. The van der Waals surface area contributed by atoms with Gasteiger partial charge in [0.1, 0.15) is 4.87 Å². The fourth-order valence-corrected chi connectivity index (χ4v) is 2.01. The third kappa shape index (κ3) is 0.496. The Morgan fingerprint density at radius 3 is 2.80 bits per heavy atom. The molecule has 54 valence electrons. The van der Waals surface area contributed by atoms with E-state index in [-0.39, 0.29) is 0 Å². The fraction of sp³-hybridized carbons (Fsp3) is 0.333. The van der Waals surface area contributed by atoms with Gasteiger partial charge < -0.3 is 16.6 Å². The number of hydrogen-bond donors (Lipinski definition) is 3. The number of nitrogens with two attached hydrogens (primary N) is 2. The molecule has 5 N–H and O–H groups in total. The lowest BCUT2D eigenvalue weighted by Crippen LogP contribution is -2.39. The van der Waals surface area contributed by atoms with Crippen molar-refractivity contribution in [1.82, 2.24) is 0 Å². The Labute approximate surface area is 62.8 Å². The van der Waals surface area contributed by atoms with Gasteiger partial charge in [-0.25, -0.2) is 0 Å². The van der Waals surface area contributed by atoms with Crippen molar-refractivity contribution in [2.45, 2.75) is 9.80 Å². The van der Waals surface area contributed by atoms with Gasteiger partial charge in [0.15, 0.2) is 4.93 Å². The Morgan fingerprint density at radius 2 is 2.30 bits per heavy atom. The number of aliphatic hydroxyl groups is 1. The van der Waals surface area contributed by atoms with E-state index in [1.807, 2.05) is 0 Å². The van der Waals surface area contributed by atoms with Gasteiger partial charge in [-0.2, -0.15) is 0 Å². The van der Waals surface area contributed by atoms with Gasteiger partial charge in [-0.1, -0.05) is 17.8 Å². The van der Waals surface area contributed by atoms with Crippen molar-refractivity contribution < 1.29 is 5.11 Å². The van der Waals surface area contributed by atoms with Crippen LogP contribution in [0.5, 0.6) is 0 Å². The minimum absolute atomic E-state index is 0.544. The molecule has 0 saturated carbocycles. The number of rotatable bonds is 0. The molecule has 2 atom stereocenters. The third-order valence-corrected chi connectivity index (χ3v) is 3.27. The molecule has 0 spiro atoms. The summed E-state index contributed by atoms with van der Waals surface area (Å²) in [7, 11) is 0. The van der Waals surface area contributed by atoms with E-state index < -0.39 is 9.80 Å². The predicted octanol–water partition coefficient (Wildman–Crippen LogP) is -0.511. The predicted molar refractivity (Wildman–Crippen MR) is 40.9 cm³/mol. The second kappa shape index (κ2) is 1.42. The first-order chi connectivity index (χ1) is 4.58. The molecule has 0 aromatic rings. The highest BCUT2D eigenvalue weighted by molar-refractivity contribution is 8.09. The summed E-state index contributed by atoms with van der Waals surface area (Å²) < 4.78 is 0. The van der Waals surface area contributed by atoms with Gasteiger partial charge in [-0.15, -0.1) is 0 Å². The molecular formula is C6H8N2OS. The van der Waals surface area contributed by atoms with Crippen molar-refractivity contribution in [1.29, 1.82) is 0 Å². The van der Waals surface area contributed by atoms with E-state index in [1.54, 1.807) is 18.2 Å². The molecule has 0 aromatic carbocycles. The van der Waals surface area contributed by atoms with E-state index in [9.17, 15) is 5.11 Å². The molecule has 2 aliphatic rings. The molecule has 4 heteroatoms. The van der Waals surface area contributed by atoms with Crippen LogP contribution in [0.2, 0.25) is 0 Å². The van der Waals surface area contributed by atoms with Crippen LogP contribution >= 0.6 is 11.8 Å². The van der Waals surface area contributed by atoms with Gasteiger partial charge in [-0.05, 0) is 12.2 Å². The van der Waals surface area contributed by atoms with Gasteiger partial charge >= 0.3 is 0 Å². The molecule has 0 radical (unpaired) electrons. The molecule has 0 bridgehead atoms. The first kappa shape index (κ1) is 6.27. The van der Waals surface area contributed by atoms with Crippen LogP contribution in [0.1, 0.15) is 0 Å². The molecular weight excluding hydrogens is 148 g/mol. The second-order valence-electron chi connectivity index (χ2n) is 2.52. The zero-order valence-corrected chi connectivity index (χ0v) is 6.06. The van der Waals surface area contributed by atoms with E-state index in [0.29, 0.717) is 5.70 Å². The number of thioether (sulfide) groups is 1. The number of hydrogen-bond acceptors (Lipinski definition) is 4. The minimum Gasteiger partial charge on any atom is -0.400 e. The topological polar surface area (TPSA) is 72.3 Å². The number of fused-ring (bicyclic) bond motifs is 1. The molecule has 0 aromatic heterocycles. The van der Waals surface area contributed by atoms with Crippen molar-refractivity contribution in [3.05, 3.63) is 23.9 Å². The first-order valence-corrected chi connectivity index (χ1v) is 3.77. The van der Waals surface area contributed by atoms with Crippen LogP contribution in [-0.2, 0) is 0 Å². The molecule has 0 amide bonds. The maximum absolute atomic E-state index is 9.51. The van der Waals surface area contributed by atoms with Crippen molar-refractivity contribution >= 4 is 11.8 Å². The summed E-state index contributed by atoms with van der Waals surface area (Å²) in [5.74, 6) is 0. The smallest absolute Gasteiger partial charge is 0.164 e. The van der Waals surface area contributed by atoms with Crippen molar-refractivity contribution in [3.8, 4) is 0 Å². The summed E-state index contributed by atoms with van der Waals surface area (Å²) in [4.78, 5) is -1.66. The Hall–Kier alpha value is -0.450. The lowest BCUT2D eigenvalue weighted by atomic mass is 10.0. The van der Waals surface area contributed by atoms with Crippen LogP contribution in [0.4, 0.5) is 0 Å². The van der Waals surface area contributed by atoms with Crippen LogP contribution < -0.4 is 11.5 Å². The van der Waals surface area contributed by atoms with E-state index in [0.717, 1.165) is 0 Å². The van der Waals surface area contributed by atoms with Gasteiger partial charge in [0.05, 0.1) is 0 Å². The molecule has 2 rings (SSSR count). The quantitative estimate of drug-likeness (QED) is 0.413. The minimum atomic E-state index is -0.925. The normalized spacial score (nSPS) is 50.0. The fourth-order valence-electron chi connectivity index (χ4n) is 1.05. The average molecular weight is 156 g/mol. The third-order valence-electron chi connectivity index (χ3n) is 1.83. The Morgan fingerprint density at radius 1 is 1.60 bits per heavy atom. The van der Waals surface area contributed by atoms with Crippen LogP contribution in [-0.4, -0.2) is 14.9 Å². The van der Waals surface area contributed by atoms with E-state index in [4.69, 9.17) is 11.5 Å². The summed E-state index contributed by atoms with van der Waals surface area (Å²) in [6.07, 6.45) is 5.10. The van der Waals surface area contributed by atoms with Gasteiger partial charge in [0.25, 0.3) is 0 Å². The summed E-state index contributed by atoms with van der Waals surface area (Å²) in [5.41, 5.74) is 11.8. The Balaban J connectivity index is 2.44. The standard InChI is InChI=1S/C6H8N2OS/c7-4-2-1-3-5(9)6(4,8)10-5/h1-3,9H,7-8H2. The van der Waals surface area contributed by atoms with E-state index in [2.05, 4.69) is 0 Å². The molecule has 1 aliphatic heterocycles. The number of allylic oxidation sites excluding steroid dienone is 2. The summed E-state index contributed by atoms with van der Waals surface area (Å²) in [6, 6.07) is 0. The van der Waals surface area contributed by atoms with Crippen LogP contribution in [0.15, 0.2) is 23.9 Å². The van der Waals surface area contributed by atoms with Gasteiger partial charge in [-0.3, -0.25) is 0 Å². The van der Waals surface area contributed by atoms with E-state index in [1.165, 1.54) is 11.8 Å². The van der Waals surface area contributed by atoms with Crippen LogP contribution in [0.25, 0.3) is 0 Å². The SMILES string of the molecule is NC1=CC=CC2(O)SC12N. The lowest BCUT2D eigenvalue weighted by Gasteiger charge is -2.14. The maximum Gasteiger partial charge on any atom is 0.164 e. The lowest BCUT2D eigenvalue weighted by molar-refractivity contribution is 0.196. The second-order valence-corrected chi connectivity index (χ2v) is 3.99. The molecule has 1 heterocycles. The van der Waals surface area contributed by atoms with Gasteiger partial charge in [0.2, 0.25) is 0 Å². The summed E-state index contributed by atoms with van der Waals surface area (Å²) in [6.45, 7) is 0. The highest BCUT2D eigenvalue weighted by Crippen LogP contribution is 2.63. The molecule has 1 saturated heterocycles. The first-order valence-electron chi connectivity index (χ1n) is 2.95. The molecule has 1 aliphatic carbocycles. The summed E-state index contributed by atoms with van der Waals surface area (Å²) >= 11 is 1.27. The van der Waals surface area contributed by atoms with Crippen molar-refractivity contribution in [2.75, 3.05) is 0 Å². The zero-order chi connectivity index (χ0) is 7.41. The Kier molecular flexibility index (Phi) is 0.888. The highest BCUT2D eigenvalue weighted by atomic mass is 32.2. The molecule has 1 fully saturated rings. The monoisotopic (exact) mass is 156 g/mol. The Bertz CT molecular complexity index is 250. The largest absolute Gasteiger partial charge is 0.400 e. The van der Waals surface area contributed by atoms with Crippen LogP contribution in [0, 0.1) is 0 Å². The zero-order valence-electron chi connectivity index (χ0n) is 5.24. The maximum atomic E-state index is 9.51. The van der Waals surface area contributed by atoms with Crippen molar-refractivity contribution in [2.24, 2.45) is 11.5 Å². The van der Waals surface area contributed by atoms with Crippen molar-refractivity contribution in [3.63, 3.8) is 0 Å². The highest BCUT2D eigenvalue weighted by Gasteiger charge is 2.67. The molecule has 10 heavy (non-hydrogen) atoms. The average Bonchev–Trinajstić information content (AvgIpc) is 2.38.